The fraction of sp³-hybridized carbons (Fsp3) is 0.0625. The number of rotatable bonds is 1. The van der Waals surface area contributed by atoms with Crippen molar-refractivity contribution in [3.05, 3.63) is 57.6 Å². The summed E-state index contributed by atoms with van der Waals surface area (Å²) in [6.07, 6.45) is -4.53. The Kier molecular flexibility index (Phi) is 3.65. The highest BCUT2D eigenvalue weighted by atomic mass is 35.5. The Labute approximate surface area is 138 Å². The molecule has 7 heteroatoms. The predicted octanol–water partition coefficient (Wildman–Crippen LogP) is 6.02. The Morgan fingerprint density at radius 3 is 2.17 bits per heavy atom. The number of carbonyl (C=O) groups is 1. The van der Waals surface area contributed by atoms with Gasteiger partial charge in [0.05, 0.1) is 21.2 Å². The first-order valence-electron chi connectivity index (χ1n) is 6.35. The van der Waals surface area contributed by atoms with E-state index in [9.17, 15) is 23.1 Å². The van der Waals surface area contributed by atoms with Crippen LogP contribution in [0.5, 0.6) is 0 Å². The third kappa shape index (κ3) is 2.60. The number of alkyl halides is 3. The van der Waals surface area contributed by atoms with Gasteiger partial charge in [-0.05, 0) is 40.4 Å². The Balaban J connectivity index is 2.54. The minimum atomic E-state index is -4.53. The third-order valence-electron chi connectivity index (χ3n) is 3.58. The van der Waals surface area contributed by atoms with Crippen LogP contribution >= 0.6 is 23.2 Å². The van der Waals surface area contributed by atoms with Crippen LogP contribution in [-0.4, -0.2) is 11.1 Å². The van der Waals surface area contributed by atoms with Gasteiger partial charge in [0.1, 0.15) is 0 Å². The molecule has 0 heterocycles. The molecule has 0 saturated carbocycles. The highest BCUT2D eigenvalue weighted by Gasteiger charge is 2.31. The molecule has 3 aromatic rings. The second kappa shape index (κ2) is 5.28. The van der Waals surface area contributed by atoms with E-state index in [1.165, 1.54) is 18.2 Å². The molecule has 3 rings (SSSR count). The molecule has 0 atom stereocenters. The van der Waals surface area contributed by atoms with Crippen molar-refractivity contribution in [3.8, 4) is 0 Å². The van der Waals surface area contributed by atoms with Crippen LogP contribution in [0.4, 0.5) is 13.2 Å². The van der Waals surface area contributed by atoms with Gasteiger partial charge in [-0.25, -0.2) is 4.79 Å². The van der Waals surface area contributed by atoms with Crippen LogP contribution in [0, 0.1) is 0 Å². The summed E-state index contributed by atoms with van der Waals surface area (Å²) >= 11 is 12.0. The number of benzene rings is 3. The van der Waals surface area contributed by atoms with E-state index in [1.807, 2.05) is 0 Å². The molecule has 0 aliphatic heterocycles. The average Bonchev–Trinajstić information content (AvgIpc) is 2.48. The lowest BCUT2D eigenvalue weighted by Crippen LogP contribution is -2.05. The Bertz CT molecular complexity index is 965. The van der Waals surface area contributed by atoms with E-state index in [4.69, 9.17) is 23.2 Å². The summed E-state index contributed by atoms with van der Waals surface area (Å²) in [7, 11) is 0. The topological polar surface area (TPSA) is 37.3 Å². The summed E-state index contributed by atoms with van der Waals surface area (Å²) in [6.45, 7) is 0. The zero-order valence-electron chi connectivity index (χ0n) is 11.2. The molecule has 0 saturated heterocycles. The van der Waals surface area contributed by atoms with Crippen molar-refractivity contribution >= 4 is 50.7 Å². The lowest BCUT2D eigenvalue weighted by molar-refractivity contribution is -0.137. The first kappa shape index (κ1) is 15.9. The lowest BCUT2D eigenvalue weighted by atomic mass is 9.95. The predicted molar refractivity (Wildman–Crippen MR) is 83.4 cm³/mol. The van der Waals surface area contributed by atoms with E-state index in [0.717, 1.165) is 18.2 Å². The molecular formula is C16H7Cl2F3O2. The van der Waals surface area contributed by atoms with Crippen LogP contribution in [0.1, 0.15) is 15.9 Å². The SMILES string of the molecule is O=C(O)c1cc2c(Cl)c(Cl)ccc2c2cc(C(F)(F)F)ccc12. The molecule has 3 aromatic carbocycles. The van der Waals surface area contributed by atoms with Gasteiger partial charge in [-0.15, -0.1) is 0 Å². The van der Waals surface area contributed by atoms with Gasteiger partial charge in [0.15, 0.2) is 0 Å². The number of carboxylic acids is 1. The quantitative estimate of drug-likeness (QED) is 0.540. The van der Waals surface area contributed by atoms with E-state index in [1.54, 1.807) is 0 Å². The standard InChI is InChI=1S/C16H7Cl2F3O2/c17-13-4-3-8-10-5-7(16(19,20)21)1-2-9(10)12(15(22)23)6-11(8)14(13)18/h1-6H,(H,22,23). The van der Waals surface area contributed by atoms with Crippen LogP contribution < -0.4 is 0 Å². The molecule has 0 unspecified atom stereocenters. The van der Waals surface area contributed by atoms with Gasteiger partial charge < -0.3 is 5.11 Å². The molecule has 1 N–H and O–H groups in total. The largest absolute Gasteiger partial charge is 0.478 e. The molecule has 0 radical (unpaired) electrons. The molecule has 0 bridgehead atoms. The van der Waals surface area contributed by atoms with E-state index < -0.39 is 17.7 Å². The van der Waals surface area contributed by atoms with E-state index in [-0.39, 0.29) is 26.4 Å². The van der Waals surface area contributed by atoms with Gasteiger partial charge >= 0.3 is 12.1 Å². The zero-order chi connectivity index (χ0) is 16.9. The lowest BCUT2D eigenvalue weighted by Gasteiger charge is -2.13. The third-order valence-corrected chi connectivity index (χ3v) is 4.40. The van der Waals surface area contributed by atoms with Crippen LogP contribution in [0.3, 0.4) is 0 Å². The van der Waals surface area contributed by atoms with Gasteiger partial charge in [-0.2, -0.15) is 13.2 Å². The number of fused-ring (bicyclic) bond motifs is 3. The van der Waals surface area contributed by atoms with Crippen molar-refractivity contribution < 1.29 is 23.1 Å². The van der Waals surface area contributed by atoms with E-state index in [0.29, 0.717) is 10.8 Å². The maximum atomic E-state index is 13.0. The number of hydrogen-bond donors (Lipinski definition) is 1. The van der Waals surface area contributed by atoms with Crippen LogP contribution in [0.25, 0.3) is 21.5 Å². The van der Waals surface area contributed by atoms with Gasteiger partial charge in [0, 0.05) is 5.39 Å². The second-order valence-corrected chi connectivity index (χ2v) is 5.73. The summed E-state index contributed by atoms with van der Waals surface area (Å²) < 4.78 is 38.9. The summed E-state index contributed by atoms with van der Waals surface area (Å²) in [4.78, 5) is 11.4. The van der Waals surface area contributed by atoms with Gasteiger partial charge in [-0.1, -0.05) is 35.3 Å². The van der Waals surface area contributed by atoms with Crippen LogP contribution in [0.15, 0.2) is 36.4 Å². The van der Waals surface area contributed by atoms with Crippen molar-refractivity contribution in [1.29, 1.82) is 0 Å². The van der Waals surface area contributed by atoms with Crippen LogP contribution in [0.2, 0.25) is 10.0 Å². The summed E-state index contributed by atoms with van der Waals surface area (Å²) in [5.74, 6) is -1.26. The maximum absolute atomic E-state index is 13.0. The summed E-state index contributed by atoms with van der Waals surface area (Å²) in [6, 6.07) is 7.25. The second-order valence-electron chi connectivity index (χ2n) is 4.94. The maximum Gasteiger partial charge on any atom is 0.416 e. The van der Waals surface area contributed by atoms with Crippen molar-refractivity contribution in [3.63, 3.8) is 0 Å². The number of carboxylic acid groups (broad SMARTS) is 1. The van der Waals surface area contributed by atoms with E-state index in [2.05, 4.69) is 0 Å². The minimum absolute atomic E-state index is 0.103. The first-order valence-corrected chi connectivity index (χ1v) is 7.10. The highest BCUT2D eigenvalue weighted by Crippen LogP contribution is 2.39. The Morgan fingerprint density at radius 2 is 1.57 bits per heavy atom. The molecular weight excluding hydrogens is 352 g/mol. The highest BCUT2D eigenvalue weighted by molar-refractivity contribution is 6.46. The Morgan fingerprint density at radius 1 is 0.913 bits per heavy atom. The molecule has 0 amide bonds. The fourth-order valence-corrected chi connectivity index (χ4v) is 2.90. The summed E-state index contributed by atoms with van der Waals surface area (Å²) in [5, 5.41) is 10.7. The Hall–Kier alpha value is -1.98. The van der Waals surface area contributed by atoms with Gasteiger partial charge in [-0.3, -0.25) is 0 Å². The first-order chi connectivity index (χ1) is 10.7. The smallest absolute Gasteiger partial charge is 0.416 e. The molecule has 23 heavy (non-hydrogen) atoms. The van der Waals surface area contributed by atoms with Gasteiger partial charge in [0.25, 0.3) is 0 Å². The summed E-state index contributed by atoms with van der Waals surface area (Å²) in [5.41, 5.74) is -0.995. The van der Waals surface area contributed by atoms with Crippen LogP contribution in [-0.2, 0) is 6.18 Å². The van der Waals surface area contributed by atoms with Gasteiger partial charge in [0.2, 0.25) is 0 Å². The number of halogens is 5. The normalized spacial score (nSPS) is 12.0. The molecule has 0 spiro atoms. The van der Waals surface area contributed by atoms with E-state index >= 15 is 0 Å². The van der Waals surface area contributed by atoms with Crippen molar-refractivity contribution in [2.75, 3.05) is 0 Å². The minimum Gasteiger partial charge on any atom is -0.478 e. The van der Waals surface area contributed by atoms with Crippen molar-refractivity contribution in [2.24, 2.45) is 0 Å². The molecule has 0 aliphatic rings. The fourth-order valence-electron chi connectivity index (χ4n) is 2.52. The molecule has 0 aliphatic carbocycles. The molecule has 2 nitrogen and oxygen atoms in total. The van der Waals surface area contributed by atoms with Crippen molar-refractivity contribution in [1.82, 2.24) is 0 Å². The van der Waals surface area contributed by atoms with Crippen molar-refractivity contribution in [2.45, 2.75) is 6.18 Å². The zero-order valence-corrected chi connectivity index (χ0v) is 12.7. The number of hydrogen-bond acceptors (Lipinski definition) is 1. The molecule has 0 fully saturated rings. The number of aromatic carboxylic acids is 1. The molecule has 0 aromatic heterocycles. The monoisotopic (exact) mass is 358 g/mol. The molecule has 118 valence electrons. The average molecular weight is 359 g/mol.